The number of benzene rings is 1. The molecule has 0 N–H and O–H groups in total. The van der Waals surface area contributed by atoms with Gasteiger partial charge >= 0.3 is 0 Å². The van der Waals surface area contributed by atoms with Gasteiger partial charge in [-0.2, -0.15) is 0 Å². The van der Waals surface area contributed by atoms with Gasteiger partial charge in [0.2, 0.25) is 0 Å². The largest absolute Gasteiger partial charge is 0.294 e. The molecule has 1 atom stereocenters. The molecular weight excluding hydrogens is 248 g/mol. The highest BCUT2D eigenvalue weighted by molar-refractivity contribution is 7.91. The number of rotatable bonds is 3. The number of hydrogen-bond donors (Lipinski definition) is 0. The van der Waals surface area contributed by atoms with Crippen molar-refractivity contribution in [2.75, 3.05) is 11.5 Å². The molecule has 1 aliphatic heterocycles. The summed E-state index contributed by atoms with van der Waals surface area (Å²) in [5, 5.41) is 0. The normalized spacial score (nSPS) is 26.1. The van der Waals surface area contributed by atoms with Gasteiger partial charge in [-0.25, -0.2) is 8.42 Å². The summed E-state index contributed by atoms with van der Waals surface area (Å²) in [4.78, 5) is 12.2. The van der Waals surface area contributed by atoms with Crippen LogP contribution in [0.5, 0.6) is 0 Å². The molecule has 1 unspecified atom stereocenters. The zero-order chi connectivity index (χ0) is 12.8. The molecule has 3 nitrogen and oxygen atoms in total. The SMILES string of the molecule is O=C(c1ccc(C2CC2)cc1)C1CCS(=O)(=O)C1. The molecular formula is C14H16O3S. The molecule has 1 heterocycles. The van der Waals surface area contributed by atoms with Crippen LogP contribution in [0.15, 0.2) is 24.3 Å². The van der Waals surface area contributed by atoms with E-state index < -0.39 is 9.84 Å². The van der Waals surface area contributed by atoms with Crippen molar-refractivity contribution in [3.63, 3.8) is 0 Å². The topological polar surface area (TPSA) is 51.2 Å². The Morgan fingerprint density at radius 3 is 2.22 bits per heavy atom. The second kappa shape index (κ2) is 4.19. The van der Waals surface area contributed by atoms with E-state index in [1.54, 1.807) is 0 Å². The van der Waals surface area contributed by atoms with E-state index in [0.29, 0.717) is 17.9 Å². The van der Waals surface area contributed by atoms with Crippen molar-refractivity contribution in [3.05, 3.63) is 35.4 Å². The molecule has 3 rings (SSSR count). The summed E-state index contributed by atoms with van der Waals surface area (Å²) in [6.07, 6.45) is 2.97. The minimum absolute atomic E-state index is 0.0154. The Hall–Kier alpha value is -1.16. The van der Waals surface area contributed by atoms with Crippen LogP contribution in [0.2, 0.25) is 0 Å². The Balaban J connectivity index is 1.76. The summed E-state index contributed by atoms with van der Waals surface area (Å²) in [7, 11) is -2.98. The standard InChI is InChI=1S/C14H16O3S/c15-14(13-7-8-18(16,17)9-13)12-5-3-11(4-6-12)10-1-2-10/h3-6,10,13H,1-2,7-9H2. The fourth-order valence-electron chi connectivity index (χ4n) is 2.57. The van der Waals surface area contributed by atoms with Gasteiger partial charge in [-0.1, -0.05) is 24.3 Å². The lowest BCUT2D eigenvalue weighted by Gasteiger charge is -2.07. The summed E-state index contributed by atoms with van der Waals surface area (Å²) in [5.74, 6) is 0.515. The van der Waals surface area contributed by atoms with Crippen LogP contribution in [0.25, 0.3) is 0 Å². The quantitative estimate of drug-likeness (QED) is 0.786. The lowest BCUT2D eigenvalue weighted by Crippen LogP contribution is -2.16. The predicted molar refractivity (Wildman–Crippen MR) is 69.5 cm³/mol. The van der Waals surface area contributed by atoms with E-state index in [1.807, 2.05) is 24.3 Å². The number of ketones is 1. The Morgan fingerprint density at radius 2 is 1.72 bits per heavy atom. The molecule has 0 radical (unpaired) electrons. The number of Topliss-reactive ketones (excluding diaryl/α,β-unsaturated/α-hetero) is 1. The third-order valence-electron chi connectivity index (χ3n) is 3.85. The van der Waals surface area contributed by atoms with E-state index in [0.717, 1.165) is 0 Å². The zero-order valence-electron chi connectivity index (χ0n) is 10.1. The van der Waals surface area contributed by atoms with Gasteiger partial charge in [0.05, 0.1) is 11.5 Å². The first-order chi connectivity index (χ1) is 8.55. The maximum atomic E-state index is 12.2. The Bertz CT molecular complexity index is 568. The summed E-state index contributed by atoms with van der Waals surface area (Å²) in [6, 6.07) is 7.71. The van der Waals surface area contributed by atoms with Gasteiger partial charge in [0, 0.05) is 11.5 Å². The van der Waals surface area contributed by atoms with Crippen LogP contribution in [-0.2, 0) is 9.84 Å². The van der Waals surface area contributed by atoms with Gasteiger partial charge in [-0.15, -0.1) is 0 Å². The van der Waals surface area contributed by atoms with Crippen LogP contribution in [0, 0.1) is 5.92 Å². The molecule has 0 amide bonds. The van der Waals surface area contributed by atoms with Crippen LogP contribution in [0.3, 0.4) is 0 Å². The van der Waals surface area contributed by atoms with Crippen LogP contribution < -0.4 is 0 Å². The molecule has 1 aromatic carbocycles. The van der Waals surface area contributed by atoms with Crippen LogP contribution in [0.1, 0.15) is 41.1 Å². The lowest BCUT2D eigenvalue weighted by atomic mass is 9.96. The minimum Gasteiger partial charge on any atom is -0.294 e. The van der Waals surface area contributed by atoms with Crippen LogP contribution in [-0.4, -0.2) is 25.7 Å². The molecule has 1 saturated carbocycles. The third-order valence-corrected chi connectivity index (χ3v) is 5.62. The average Bonchev–Trinajstić information content (AvgIpc) is 3.13. The third kappa shape index (κ3) is 2.34. The average molecular weight is 264 g/mol. The minimum atomic E-state index is -2.98. The van der Waals surface area contributed by atoms with Crippen molar-refractivity contribution in [2.45, 2.75) is 25.2 Å². The number of carbonyl (C=O) groups excluding carboxylic acids is 1. The number of carbonyl (C=O) groups is 1. The van der Waals surface area contributed by atoms with E-state index in [9.17, 15) is 13.2 Å². The Labute approximate surface area is 107 Å². The highest BCUT2D eigenvalue weighted by Gasteiger charge is 2.33. The summed E-state index contributed by atoms with van der Waals surface area (Å²) in [6.45, 7) is 0. The van der Waals surface area contributed by atoms with Crippen molar-refractivity contribution in [1.29, 1.82) is 0 Å². The van der Waals surface area contributed by atoms with E-state index >= 15 is 0 Å². The van der Waals surface area contributed by atoms with Crippen molar-refractivity contribution in [2.24, 2.45) is 5.92 Å². The molecule has 4 heteroatoms. The molecule has 0 bridgehead atoms. The summed E-state index contributed by atoms with van der Waals surface area (Å²) in [5.41, 5.74) is 1.95. The molecule has 18 heavy (non-hydrogen) atoms. The van der Waals surface area contributed by atoms with Gasteiger partial charge in [-0.3, -0.25) is 4.79 Å². The summed E-state index contributed by atoms with van der Waals surface area (Å²) >= 11 is 0. The molecule has 1 saturated heterocycles. The maximum absolute atomic E-state index is 12.2. The smallest absolute Gasteiger partial charge is 0.166 e. The van der Waals surface area contributed by atoms with Gasteiger partial charge in [-0.05, 0) is 30.7 Å². The van der Waals surface area contributed by atoms with Crippen molar-refractivity contribution >= 4 is 15.6 Å². The van der Waals surface area contributed by atoms with Crippen LogP contribution in [0.4, 0.5) is 0 Å². The van der Waals surface area contributed by atoms with E-state index in [4.69, 9.17) is 0 Å². The van der Waals surface area contributed by atoms with Gasteiger partial charge in [0.15, 0.2) is 15.6 Å². The molecule has 96 valence electrons. The first kappa shape index (κ1) is 11.9. The van der Waals surface area contributed by atoms with Gasteiger partial charge < -0.3 is 0 Å². The highest BCUT2D eigenvalue weighted by Crippen LogP contribution is 2.40. The van der Waals surface area contributed by atoms with Gasteiger partial charge in [0.25, 0.3) is 0 Å². The Morgan fingerprint density at radius 1 is 1.06 bits per heavy atom. The second-order valence-corrected chi connectivity index (χ2v) is 7.59. The van der Waals surface area contributed by atoms with Crippen molar-refractivity contribution < 1.29 is 13.2 Å². The molecule has 1 aromatic rings. The predicted octanol–water partition coefficient (Wildman–Crippen LogP) is 2.18. The van der Waals surface area contributed by atoms with E-state index in [-0.39, 0.29) is 23.2 Å². The fourth-order valence-corrected chi connectivity index (χ4v) is 4.32. The second-order valence-electron chi connectivity index (χ2n) is 5.36. The lowest BCUT2D eigenvalue weighted by molar-refractivity contribution is 0.0933. The van der Waals surface area contributed by atoms with Gasteiger partial charge in [0.1, 0.15) is 0 Å². The summed E-state index contributed by atoms with van der Waals surface area (Å²) < 4.78 is 22.8. The first-order valence-corrected chi connectivity index (χ1v) is 8.22. The maximum Gasteiger partial charge on any atom is 0.166 e. The van der Waals surface area contributed by atoms with Crippen molar-refractivity contribution in [1.82, 2.24) is 0 Å². The van der Waals surface area contributed by atoms with E-state index in [2.05, 4.69) is 0 Å². The molecule has 0 spiro atoms. The fraction of sp³-hybridized carbons (Fsp3) is 0.500. The molecule has 2 fully saturated rings. The number of sulfone groups is 1. The van der Waals surface area contributed by atoms with E-state index in [1.165, 1.54) is 18.4 Å². The van der Waals surface area contributed by atoms with Crippen LogP contribution >= 0.6 is 0 Å². The zero-order valence-corrected chi connectivity index (χ0v) is 10.9. The molecule has 2 aliphatic rings. The number of hydrogen-bond acceptors (Lipinski definition) is 3. The van der Waals surface area contributed by atoms with Crippen molar-refractivity contribution in [3.8, 4) is 0 Å². The molecule has 1 aliphatic carbocycles. The Kier molecular flexibility index (Phi) is 2.77. The highest BCUT2D eigenvalue weighted by atomic mass is 32.2. The first-order valence-electron chi connectivity index (χ1n) is 6.40. The molecule has 0 aromatic heterocycles. The monoisotopic (exact) mass is 264 g/mol.